The number of nitrogens with one attached hydrogen (secondary N) is 1. The fourth-order valence-electron chi connectivity index (χ4n) is 2.28. The Hall–Kier alpha value is -1.26. The van der Waals surface area contributed by atoms with Gasteiger partial charge in [0, 0.05) is 24.0 Å². The molecule has 3 rings (SSSR count). The van der Waals surface area contributed by atoms with Gasteiger partial charge in [-0.2, -0.15) is 0 Å². The Balaban J connectivity index is 1.77. The van der Waals surface area contributed by atoms with Crippen molar-refractivity contribution in [2.75, 3.05) is 6.54 Å². The molecule has 0 radical (unpaired) electrons. The van der Waals surface area contributed by atoms with Gasteiger partial charge in [-0.15, -0.1) is 11.6 Å². The normalized spacial score (nSPS) is 14.7. The number of amides is 1. The van der Waals surface area contributed by atoms with E-state index >= 15 is 0 Å². The van der Waals surface area contributed by atoms with E-state index in [4.69, 9.17) is 23.2 Å². The molecule has 0 bridgehead atoms. The van der Waals surface area contributed by atoms with Crippen LogP contribution in [0, 0.1) is 5.92 Å². The lowest BCUT2D eigenvalue weighted by atomic mass is 10.3. The second-order valence-corrected chi connectivity index (χ2v) is 5.72. The maximum absolute atomic E-state index is 11.6. The molecule has 0 saturated heterocycles. The highest BCUT2D eigenvalue weighted by Crippen LogP contribution is 2.28. The topological polar surface area (TPSA) is 46.9 Å². The first-order valence-corrected chi connectivity index (χ1v) is 7.58. The molecule has 1 aromatic heterocycles. The summed E-state index contributed by atoms with van der Waals surface area (Å²) in [6, 6.07) is 5.57. The number of hydrogen-bond acceptors (Lipinski definition) is 2. The van der Waals surface area contributed by atoms with Gasteiger partial charge in [0.25, 0.3) is 0 Å². The highest BCUT2D eigenvalue weighted by molar-refractivity contribution is 6.31. The quantitative estimate of drug-likeness (QED) is 0.863. The number of imidazole rings is 1. The Morgan fingerprint density at radius 2 is 2.25 bits per heavy atom. The second-order valence-electron chi connectivity index (χ2n) is 5.01. The first-order valence-electron chi connectivity index (χ1n) is 6.67. The number of rotatable bonds is 5. The van der Waals surface area contributed by atoms with Crippen molar-refractivity contribution in [3.63, 3.8) is 0 Å². The lowest BCUT2D eigenvalue weighted by Gasteiger charge is -2.09. The van der Waals surface area contributed by atoms with Gasteiger partial charge in [0.2, 0.25) is 5.91 Å². The molecule has 106 valence electrons. The van der Waals surface area contributed by atoms with Crippen LogP contribution in [0.2, 0.25) is 5.02 Å². The predicted octanol–water partition coefficient (Wildman–Crippen LogP) is 2.95. The number of alkyl halides is 1. The molecular formula is C14H15Cl2N3O. The summed E-state index contributed by atoms with van der Waals surface area (Å²) < 4.78 is 2.02. The lowest BCUT2D eigenvalue weighted by molar-refractivity contribution is -0.122. The lowest BCUT2D eigenvalue weighted by Crippen LogP contribution is -2.28. The standard InChI is InChI=1S/C14H15Cl2N3O/c15-8-13-18-11-4-3-10(16)7-12(11)19(13)6-5-17-14(20)9-1-2-9/h3-4,7,9H,1-2,5-6,8H2,(H,17,20). The number of carbonyl (C=O) groups excluding carboxylic acids is 1. The zero-order chi connectivity index (χ0) is 14.1. The Labute approximate surface area is 127 Å². The molecule has 4 nitrogen and oxygen atoms in total. The summed E-state index contributed by atoms with van der Waals surface area (Å²) in [5.74, 6) is 1.52. The molecule has 2 aromatic rings. The van der Waals surface area contributed by atoms with Crippen LogP contribution in [0.15, 0.2) is 18.2 Å². The number of carbonyl (C=O) groups is 1. The average Bonchev–Trinajstić information content (AvgIpc) is 3.23. The molecule has 0 atom stereocenters. The summed E-state index contributed by atoms with van der Waals surface area (Å²) in [7, 11) is 0. The second kappa shape index (κ2) is 5.62. The molecule has 1 aliphatic carbocycles. The predicted molar refractivity (Wildman–Crippen MR) is 80.0 cm³/mol. The van der Waals surface area contributed by atoms with E-state index in [2.05, 4.69) is 10.3 Å². The number of hydrogen-bond donors (Lipinski definition) is 1. The monoisotopic (exact) mass is 311 g/mol. The van der Waals surface area contributed by atoms with Gasteiger partial charge in [0.15, 0.2) is 0 Å². The van der Waals surface area contributed by atoms with Crippen LogP contribution in [-0.2, 0) is 17.2 Å². The molecule has 1 amide bonds. The van der Waals surface area contributed by atoms with E-state index in [0.29, 0.717) is 24.0 Å². The highest BCUT2D eigenvalue weighted by Gasteiger charge is 2.29. The summed E-state index contributed by atoms with van der Waals surface area (Å²) >= 11 is 12.0. The Morgan fingerprint density at radius 3 is 2.95 bits per heavy atom. The number of nitrogens with zero attached hydrogens (tertiary/aromatic N) is 2. The van der Waals surface area contributed by atoms with Crippen LogP contribution in [0.1, 0.15) is 18.7 Å². The van der Waals surface area contributed by atoms with Crippen LogP contribution in [-0.4, -0.2) is 22.0 Å². The minimum Gasteiger partial charge on any atom is -0.354 e. The number of halogens is 2. The van der Waals surface area contributed by atoms with Crippen molar-refractivity contribution >= 4 is 40.1 Å². The molecule has 0 spiro atoms. The van der Waals surface area contributed by atoms with E-state index in [9.17, 15) is 4.79 Å². The van der Waals surface area contributed by atoms with Gasteiger partial charge in [-0.05, 0) is 31.0 Å². The summed E-state index contributed by atoms with van der Waals surface area (Å²) in [6.07, 6.45) is 2.03. The average molecular weight is 312 g/mol. The Kier molecular flexibility index (Phi) is 3.85. The molecule has 1 aromatic carbocycles. The number of benzene rings is 1. The van der Waals surface area contributed by atoms with Crippen molar-refractivity contribution in [1.82, 2.24) is 14.9 Å². The number of fused-ring (bicyclic) bond motifs is 1. The van der Waals surface area contributed by atoms with E-state index in [1.54, 1.807) is 0 Å². The summed E-state index contributed by atoms with van der Waals surface area (Å²) in [4.78, 5) is 16.1. The van der Waals surface area contributed by atoms with Crippen LogP contribution in [0.3, 0.4) is 0 Å². The van der Waals surface area contributed by atoms with Crippen molar-refractivity contribution < 1.29 is 4.79 Å². The third-order valence-corrected chi connectivity index (χ3v) is 3.97. The Bertz CT molecular complexity index is 649. The van der Waals surface area contributed by atoms with Gasteiger partial charge >= 0.3 is 0 Å². The van der Waals surface area contributed by atoms with Gasteiger partial charge in [-0.3, -0.25) is 4.79 Å². The largest absolute Gasteiger partial charge is 0.354 e. The summed E-state index contributed by atoms with van der Waals surface area (Å²) in [5, 5.41) is 3.62. The molecule has 6 heteroatoms. The minimum atomic E-state index is 0.153. The van der Waals surface area contributed by atoms with Crippen LogP contribution in [0.25, 0.3) is 11.0 Å². The maximum atomic E-state index is 11.6. The van der Waals surface area contributed by atoms with Gasteiger partial charge in [0.05, 0.1) is 16.9 Å². The third kappa shape index (κ3) is 2.76. The van der Waals surface area contributed by atoms with Crippen LogP contribution in [0.5, 0.6) is 0 Å². The van der Waals surface area contributed by atoms with E-state index in [0.717, 1.165) is 29.7 Å². The molecule has 20 heavy (non-hydrogen) atoms. The first kappa shape index (κ1) is 13.7. The van der Waals surface area contributed by atoms with Crippen molar-refractivity contribution in [2.24, 2.45) is 5.92 Å². The van der Waals surface area contributed by atoms with Gasteiger partial charge in [-0.25, -0.2) is 4.98 Å². The smallest absolute Gasteiger partial charge is 0.223 e. The van der Waals surface area contributed by atoms with Crippen LogP contribution in [0.4, 0.5) is 0 Å². The highest BCUT2D eigenvalue weighted by atomic mass is 35.5. The van der Waals surface area contributed by atoms with E-state index < -0.39 is 0 Å². The molecule has 0 aliphatic heterocycles. The van der Waals surface area contributed by atoms with Crippen molar-refractivity contribution in [3.8, 4) is 0 Å². The number of aromatic nitrogens is 2. The summed E-state index contributed by atoms with van der Waals surface area (Å²) in [6.45, 7) is 1.23. The molecule has 0 unspecified atom stereocenters. The molecule has 1 fully saturated rings. The molecular weight excluding hydrogens is 297 g/mol. The SMILES string of the molecule is O=C(NCCn1c(CCl)nc2ccc(Cl)cc21)C1CC1. The zero-order valence-electron chi connectivity index (χ0n) is 10.9. The summed E-state index contributed by atoms with van der Waals surface area (Å²) in [5.41, 5.74) is 1.83. The molecule has 1 saturated carbocycles. The molecule has 1 aliphatic rings. The maximum Gasteiger partial charge on any atom is 0.223 e. The fourth-order valence-corrected chi connectivity index (χ4v) is 2.65. The van der Waals surface area contributed by atoms with Crippen molar-refractivity contribution in [2.45, 2.75) is 25.3 Å². The zero-order valence-corrected chi connectivity index (χ0v) is 12.4. The van der Waals surface area contributed by atoms with E-state index in [1.165, 1.54) is 0 Å². The van der Waals surface area contributed by atoms with Crippen LogP contribution < -0.4 is 5.32 Å². The first-order chi connectivity index (χ1) is 9.69. The van der Waals surface area contributed by atoms with Gasteiger partial charge < -0.3 is 9.88 Å². The third-order valence-electron chi connectivity index (χ3n) is 3.49. The molecule has 1 heterocycles. The Morgan fingerprint density at radius 1 is 1.45 bits per heavy atom. The van der Waals surface area contributed by atoms with Gasteiger partial charge in [0.1, 0.15) is 5.82 Å². The molecule has 1 N–H and O–H groups in total. The van der Waals surface area contributed by atoms with Crippen LogP contribution >= 0.6 is 23.2 Å². The fraction of sp³-hybridized carbons (Fsp3) is 0.429. The minimum absolute atomic E-state index is 0.153. The van der Waals surface area contributed by atoms with Crippen molar-refractivity contribution in [1.29, 1.82) is 0 Å². The van der Waals surface area contributed by atoms with Gasteiger partial charge in [-0.1, -0.05) is 11.6 Å². The van der Waals surface area contributed by atoms with E-state index in [1.807, 2.05) is 22.8 Å². The van der Waals surface area contributed by atoms with E-state index in [-0.39, 0.29) is 11.8 Å². The van der Waals surface area contributed by atoms with Crippen molar-refractivity contribution in [3.05, 3.63) is 29.0 Å².